The quantitative estimate of drug-likeness (QED) is 0.474. The largest absolute Gasteiger partial charge is 0.339 e. The van der Waals surface area contributed by atoms with Gasteiger partial charge in [-0.2, -0.15) is 0 Å². The highest BCUT2D eigenvalue weighted by Crippen LogP contribution is 2.32. The van der Waals surface area contributed by atoms with E-state index < -0.39 is 9.84 Å². The highest BCUT2D eigenvalue weighted by molar-refractivity contribution is 7.91. The number of hydrogen-bond acceptors (Lipinski definition) is 7. The molecule has 162 valence electrons. The number of aryl methyl sites for hydroxylation is 4. The summed E-state index contributed by atoms with van der Waals surface area (Å²) < 4.78 is 27.0. The van der Waals surface area contributed by atoms with E-state index in [2.05, 4.69) is 25.3 Å². The molecule has 0 unspecified atom stereocenters. The molecule has 8 heteroatoms. The van der Waals surface area contributed by atoms with Crippen molar-refractivity contribution >= 4 is 21.3 Å². The molecule has 4 rings (SSSR count). The molecule has 0 bridgehead atoms. The van der Waals surface area contributed by atoms with Gasteiger partial charge < -0.3 is 5.32 Å². The van der Waals surface area contributed by atoms with Crippen LogP contribution in [0.2, 0.25) is 0 Å². The van der Waals surface area contributed by atoms with Crippen LogP contribution in [0.15, 0.2) is 71.1 Å². The van der Waals surface area contributed by atoms with E-state index in [0.717, 1.165) is 33.5 Å². The summed E-state index contributed by atoms with van der Waals surface area (Å²) in [4.78, 5) is 16.8. The fraction of sp³-hybridized carbons (Fsp3) is 0.167. The second-order valence-corrected chi connectivity index (χ2v) is 9.60. The third-order valence-corrected chi connectivity index (χ3v) is 6.91. The number of nitrogens with one attached hydrogen (secondary N) is 1. The third kappa shape index (κ3) is 4.22. The van der Waals surface area contributed by atoms with E-state index in [1.165, 1.54) is 12.5 Å². The van der Waals surface area contributed by atoms with Gasteiger partial charge in [0.05, 0.1) is 11.1 Å². The van der Waals surface area contributed by atoms with Crippen molar-refractivity contribution in [1.29, 1.82) is 0 Å². The van der Waals surface area contributed by atoms with Crippen LogP contribution in [0.3, 0.4) is 0 Å². The van der Waals surface area contributed by atoms with Gasteiger partial charge in [-0.15, -0.1) is 0 Å². The van der Waals surface area contributed by atoms with Crippen LogP contribution >= 0.6 is 0 Å². The summed E-state index contributed by atoms with van der Waals surface area (Å²) in [5.41, 5.74) is 5.63. The van der Waals surface area contributed by atoms with Crippen LogP contribution in [0.4, 0.5) is 11.5 Å². The minimum absolute atomic E-state index is 0.0262. The fourth-order valence-electron chi connectivity index (χ4n) is 3.64. The van der Waals surface area contributed by atoms with Crippen molar-refractivity contribution in [2.45, 2.75) is 37.5 Å². The second-order valence-electron chi connectivity index (χ2n) is 7.68. The summed E-state index contributed by atoms with van der Waals surface area (Å²) in [6.45, 7) is 7.72. The van der Waals surface area contributed by atoms with Gasteiger partial charge in [-0.25, -0.2) is 28.4 Å². The van der Waals surface area contributed by atoms with Gasteiger partial charge in [0, 0.05) is 23.6 Å². The zero-order chi connectivity index (χ0) is 22.9. The van der Waals surface area contributed by atoms with Crippen LogP contribution in [-0.4, -0.2) is 28.4 Å². The van der Waals surface area contributed by atoms with Crippen molar-refractivity contribution in [1.82, 2.24) is 19.9 Å². The van der Waals surface area contributed by atoms with Gasteiger partial charge in [0.15, 0.2) is 5.82 Å². The Morgan fingerprint density at radius 2 is 1.44 bits per heavy atom. The third-order valence-electron chi connectivity index (χ3n) is 5.14. The maximum absolute atomic E-state index is 13.5. The maximum atomic E-state index is 13.5. The van der Waals surface area contributed by atoms with Gasteiger partial charge in [-0.05, 0) is 56.5 Å². The molecule has 2 aromatic heterocycles. The van der Waals surface area contributed by atoms with E-state index in [-0.39, 0.29) is 15.6 Å². The van der Waals surface area contributed by atoms with E-state index in [1.807, 2.05) is 32.9 Å². The number of benzene rings is 2. The van der Waals surface area contributed by atoms with Crippen molar-refractivity contribution in [3.63, 3.8) is 0 Å². The molecule has 0 aliphatic rings. The zero-order valence-electron chi connectivity index (χ0n) is 18.3. The minimum Gasteiger partial charge on any atom is -0.339 e. The van der Waals surface area contributed by atoms with Crippen LogP contribution in [0.25, 0.3) is 11.1 Å². The smallest absolute Gasteiger partial charge is 0.211 e. The highest BCUT2D eigenvalue weighted by Gasteiger charge is 2.24. The van der Waals surface area contributed by atoms with E-state index in [0.29, 0.717) is 5.82 Å². The van der Waals surface area contributed by atoms with Gasteiger partial charge in [0.2, 0.25) is 9.84 Å². The molecular formula is C24H23N5O2S. The summed E-state index contributed by atoms with van der Waals surface area (Å²) in [7, 11) is -3.86. The molecule has 0 spiro atoms. The van der Waals surface area contributed by atoms with Gasteiger partial charge in [-0.1, -0.05) is 29.8 Å². The summed E-state index contributed by atoms with van der Waals surface area (Å²) in [6.07, 6.45) is 6.17. The van der Waals surface area contributed by atoms with E-state index in [1.54, 1.807) is 43.6 Å². The molecule has 0 amide bonds. The SMILES string of the molecule is Cc1cc(C)c(Nc2nc(C)ncc2S(=O)(=O)c2ccc(-c3cncnc3)cc2)c(C)c1. The first-order chi connectivity index (χ1) is 15.3. The first-order valence-electron chi connectivity index (χ1n) is 10.0. The Bertz CT molecular complexity index is 1360. The Morgan fingerprint density at radius 3 is 2.06 bits per heavy atom. The van der Waals surface area contributed by atoms with Crippen molar-refractivity contribution in [3.8, 4) is 11.1 Å². The van der Waals surface area contributed by atoms with Gasteiger partial charge >= 0.3 is 0 Å². The summed E-state index contributed by atoms with van der Waals surface area (Å²) in [6, 6.07) is 10.7. The Morgan fingerprint density at radius 1 is 0.812 bits per heavy atom. The predicted molar refractivity (Wildman–Crippen MR) is 124 cm³/mol. The van der Waals surface area contributed by atoms with Gasteiger partial charge in [-0.3, -0.25) is 0 Å². The number of sulfone groups is 1. The molecule has 32 heavy (non-hydrogen) atoms. The van der Waals surface area contributed by atoms with Crippen LogP contribution in [0.1, 0.15) is 22.5 Å². The Labute approximate surface area is 187 Å². The normalized spacial score (nSPS) is 11.4. The molecule has 0 atom stereocenters. The molecule has 0 radical (unpaired) electrons. The molecule has 4 aromatic rings. The number of aromatic nitrogens is 4. The molecule has 0 aliphatic heterocycles. The molecular weight excluding hydrogens is 422 g/mol. The molecule has 1 N–H and O–H groups in total. The minimum atomic E-state index is -3.86. The standard InChI is InChI=1S/C24H23N5O2S/c1-15-9-16(2)23(17(3)10-15)29-24-22(13-27-18(4)28-24)32(30,31)21-7-5-19(6-8-21)20-11-25-14-26-12-20/h5-14H,1-4H3,(H,27,28,29). The summed E-state index contributed by atoms with van der Waals surface area (Å²) in [5, 5.41) is 3.24. The topological polar surface area (TPSA) is 97.7 Å². The summed E-state index contributed by atoms with van der Waals surface area (Å²) in [5.74, 6) is 0.737. The number of hydrogen-bond donors (Lipinski definition) is 1. The van der Waals surface area contributed by atoms with Crippen molar-refractivity contribution < 1.29 is 8.42 Å². The molecule has 0 saturated carbocycles. The van der Waals surface area contributed by atoms with Crippen LogP contribution in [0, 0.1) is 27.7 Å². The van der Waals surface area contributed by atoms with E-state index >= 15 is 0 Å². The predicted octanol–water partition coefficient (Wildman–Crippen LogP) is 4.74. The van der Waals surface area contributed by atoms with Crippen LogP contribution < -0.4 is 5.32 Å². The summed E-state index contributed by atoms with van der Waals surface area (Å²) >= 11 is 0. The Kier molecular flexibility index (Phi) is 5.71. The molecule has 2 aromatic carbocycles. The van der Waals surface area contributed by atoms with Gasteiger partial charge in [0.25, 0.3) is 0 Å². The number of anilines is 2. The molecule has 0 aliphatic carbocycles. The average Bonchev–Trinajstić information content (AvgIpc) is 2.77. The lowest BCUT2D eigenvalue weighted by Crippen LogP contribution is -2.10. The first kappa shape index (κ1) is 21.6. The van der Waals surface area contributed by atoms with Crippen LogP contribution in [0.5, 0.6) is 0 Å². The van der Waals surface area contributed by atoms with Crippen molar-refractivity contribution in [2.75, 3.05) is 5.32 Å². The van der Waals surface area contributed by atoms with Gasteiger partial charge in [0.1, 0.15) is 17.0 Å². The average molecular weight is 446 g/mol. The fourth-order valence-corrected chi connectivity index (χ4v) is 4.93. The lowest BCUT2D eigenvalue weighted by atomic mass is 10.1. The van der Waals surface area contributed by atoms with E-state index in [9.17, 15) is 8.42 Å². The van der Waals surface area contributed by atoms with Crippen molar-refractivity contribution in [2.24, 2.45) is 0 Å². The lowest BCUT2D eigenvalue weighted by Gasteiger charge is -2.16. The van der Waals surface area contributed by atoms with Crippen molar-refractivity contribution in [3.05, 3.63) is 83.8 Å². The Balaban J connectivity index is 1.75. The molecule has 7 nitrogen and oxygen atoms in total. The molecule has 2 heterocycles. The maximum Gasteiger partial charge on any atom is 0.211 e. The van der Waals surface area contributed by atoms with Crippen LogP contribution in [-0.2, 0) is 9.84 Å². The number of rotatable bonds is 5. The lowest BCUT2D eigenvalue weighted by molar-refractivity contribution is 0.595. The number of nitrogens with zero attached hydrogens (tertiary/aromatic N) is 4. The second kappa shape index (κ2) is 8.47. The Hall–Kier alpha value is -3.65. The monoisotopic (exact) mass is 445 g/mol. The first-order valence-corrected chi connectivity index (χ1v) is 11.5. The molecule has 0 saturated heterocycles. The zero-order valence-corrected chi connectivity index (χ0v) is 19.1. The van der Waals surface area contributed by atoms with E-state index in [4.69, 9.17) is 0 Å². The highest BCUT2D eigenvalue weighted by atomic mass is 32.2. The molecule has 0 fully saturated rings.